The predicted molar refractivity (Wildman–Crippen MR) is 107 cm³/mol. The highest BCUT2D eigenvalue weighted by Crippen LogP contribution is 2.35. The molecule has 0 bridgehead atoms. The van der Waals surface area contributed by atoms with Crippen LogP contribution in [0.25, 0.3) is 22.2 Å². The fraction of sp³-hybridized carbons (Fsp3) is 0.375. The number of aromatic nitrogens is 1. The number of rotatable bonds is 2. The second-order valence-corrected chi connectivity index (χ2v) is 7.68. The van der Waals surface area contributed by atoms with E-state index in [1.165, 1.54) is 66.2 Å². The molecule has 0 saturated heterocycles. The summed E-state index contributed by atoms with van der Waals surface area (Å²) in [6.45, 7) is 4.31. The van der Waals surface area contributed by atoms with Gasteiger partial charge in [0.1, 0.15) is 0 Å². The SMILES string of the molecule is Cc1cc(C)cc(-c2ccc3c(C4CCCCCC4)cccc3n2)c1. The number of benzene rings is 2. The Bertz CT molecular complexity index is 865. The average Bonchev–Trinajstić information content (AvgIpc) is 2.89. The first-order valence-electron chi connectivity index (χ1n) is 9.69. The minimum absolute atomic E-state index is 0.708. The topological polar surface area (TPSA) is 12.9 Å². The van der Waals surface area contributed by atoms with Gasteiger partial charge in [-0.2, -0.15) is 0 Å². The molecule has 4 rings (SSSR count). The van der Waals surface area contributed by atoms with Gasteiger partial charge in [0.05, 0.1) is 11.2 Å². The lowest BCUT2D eigenvalue weighted by atomic mass is 9.89. The van der Waals surface area contributed by atoms with E-state index in [4.69, 9.17) is 4.98 Å². The highest BCUT2D eigenvalue weighted by atomic mass is 14.7. The second-order valence-electron chi connectivity index (χ2n) is 7.68. The molecular weight excluding hydrogens is 302 g/mol. The van der Waals surface area contributed by atoms with Crippen LogP contribution in [0, 0.1) is 13.8 Å². The fourth-order valence-electron chi connectivity index (χ4n) is 4.41. The molecule has 1 heteroatoms. The molecule has 1 fully saturated rings. The molecule has 1 aliphatic carbocycles. The highest BCUT2D eigenvalue weighted by molar-refractivity contribution is 5.85. The van der Waals surface area contributed by atoms with Gasteiger partial charge < -0.3 is 0 Å². The normalized spacial score (nSPS) is 16.1. The van der Waals surface area contributed by atoms with Gasteiger partial charge in [0.2, 0.25) is 0 Å². The van der Waals surface area contributed by atoms with Crippen LogP contribution in [-0.4, -0.2) is 4.98 Å². The van der Waals surface area contributed by atoms with Gasteiger partial charge in [-0.1, -0.05) is 61.1 Å². The van der Waals surface area contributed by atoms with E-state index >= 15 is 0 Å². The smallest absolute Gasteiger partial charge is 0.0712 e. The lowest BCUT2D eigenvalue weighted by Gasteiger charge is -2.17. The summed E-state index contributed by atoms with van der Waals surface area (Å²) >= 11 is 0. The molecule has 128 valence electrons. The van der Waals surface area contributed by atoms with Gasteiger partial charge in [-0.3, -0.25) is 0 Å². The third-order valence-electron chi connectivity index (χ3n) is 5.58. The summed E-state index contributed by atoms with van der Waals surface area (Å²) in [5.74, 6) is 0.708. The third kappa shape index (κ3) is 3.46. The largest absolute Gasteiger partial charge is 0.248 e. The maximum absolute atomic E-state index is 5.01. The zero-order chi connectivity index (χ0) is 17.2. The maximum atomic E-state index is 5.01. The Morgan fingerprint density at radius 2 is 1.52 bits per heavy atom. The van der Waals surface area contributed by atoms with Crippen LogP contribution in [-0.2, 0) is 0 Å². The van der Waals surface area contributed by atoms with Crippen LogP contribution >= 0.6 is 0 Å². The highest BCUT2D eigenvalue weighted by Gasteiger charge is 2.17. The van der Waals surface area contributed by atoms with E-state index in [9.17, 15) is 0 Å². The Morgan fingerprint density at radius 1 is 0.800 bits per heavy atom. The van der Waals surface area contributed by atoms with Crippen LogP contribution in [0.15, 0.2) is 48.5 Å². The van der Waals surface area contributed by atoms with Crippen LogP contribution in [0.2, 0.25) is 0 Å². The van der Waals surface area contributed by atoms with E-state index in [1.54, 1.807) is 0 Å². The fourth-order valence-corrected chi connectivity index (χ4v) is 4.41. The van der Waals surface area contributed by atoms with Crippen molar-refractivity contribution in [3.63, 3.8) is 0 Å². The standard InChI is InChI=1S/C24H27N/c1-17-14-18(2)16-20(15-17)23-13-12-22-21(10-7-11-24(22)25-23)19-8-5-3-4-6-9-19/h7,10-16,19H,3-6,8-9H2,1-2H3. The number of fused-ring (bicyclic) bond motifs is 1. The van der Waals surface area contributed by atoms with Crippen molar-refractivity contribution in [3.8, 4) is 11.3 Å². The summed E-state index contributed by atoms with van der Waals surface area (Å²) in [5, 5.41) is 1.35. The predicted octanol–water partition coefficient (Wildman–Crippen LogP) is 6.96. The Balaban J connectivity index is 1.76. The van der Waals surface area contributed by atoms with E-state index in [1.807, 2.05) is 0 Å². The molecule has 1 heterocycles. The Hall–Kier alpha value is -2.15. The molecule has 25 heavy (non-hydrogen) atoms. The lowest BCUT2D eigenvalue weighted by Crippen LogP contribution is -1.99. The Labute approximate surface area is 151 Å². The molecule has 3 aromatic rings. The average molecular weight is 329 g/mol. The van der Waals surface area contributed by atoms with Gasteiger partial charge >= 0.3 is 0 Å². The van der Waals surface area contributed by atoms with E-state index < -0.39 is 0 Å². The van der Waals surface area contributed by atoms with Crippen molar-refractivity contribution in [1.29, 1.82) is 0 Å². The molecular formula is C24H27N. The molecule has 0 unspecified atom stereocenters. The number of aryl methyl sites for hydroxylation is 2. The van der Waals surface area contributed by atoms with Crippen LogP contribution < -0.4 is 0 Å². The summed E-state index contributed by atoms with van der Waals surface area (Å²) in [4.78, 5) is 5.01. The van der Waals surface area contributed by atoms with E-state index in [0.29, 0.717) is 5.92 Å². The number of hydrogen-bond acceptors (Lipinski definition) is 1. The van der Waals surface area contributed by atoms with Gasteiger partial charge in [-0.25, -0.2) is 4.98 Å². The zero-order valence-electron chi connectivity index (χ0n) is 15.4. The van der Waals surface area contributed by atoms with E-state index in [2.05, 4.69) is 62.4 Å². The lowest BCUT2D eigenvalue weighted by molar-refractivity contribution is 0.596. The molecule has 0 spiro atoms. The van der Waals surface area contributed by atoms with Gasteiger partial charge in [-0.05, 0) is 62.4 Å². The summed E-state index contributed by atoms with van der Waals surface area (Å²) in [7, 11) is 0. The number of pyridine rings is 1. The Kier molecular flexibility index (Phi) is 4.57. The van der Waals surface area contributed by atoms with Crippen LogP contribution in [0.5, 0.6) is 0 Å². The van der Waals surface area contributed by atoms with Crippen molar-refractivity contribution < 1.29 is 0 Å². The van der Waals surface area contributed by atoms with Crippen LogP contribution in [0.4, 0.5) is 0 Å². The summed E-state index contributed by atoms with van der Waals surface area (Å²) in [5.41, 5.74) is 7.54. The number of nitrogens with zero attached hydrogens (tertiary/aromatic N) is 1. The first kappa shape index (κ1) is 16.3. The summed E-state index contributed by atoms with van der Waals surface area (Å²) < 4.78 is 0. The number of hydrogen-bond donors (Lipinski definition) is 0. The quantitative estimate of drug-likeness (QED) is 0.463. The molecule has 1 saturated carbocycles. The van der Waals surface area contributed by atoms with Gasteiger partial charge in [0.15, 0.2) is 0 Å². The van der Waals surface area contributed by atoms with Gasteiger partial charge in [0.25, 0.3) is 0 Å². The summed E-state index contributed by atoms with van der Waals surface area (Å²) in [6.07, 6.45) is 8.20. The molecule has 0 amide bonds. The molecule has 0 aliphatic heterocycles. The molecule has 2 aromatic carbocycles. The molecule has 1 aromatic heterocycles. The molecule has 0 N–H and O–H groups in total. The van der Waals surface area contributed by atoms with E-state index in [0.717, 1.165) is 11.2 Å². The molecule has 0 radical (unpaired) electrons. The van der Waals surface area contributed by atoms with Crippen molar-refractivity contribution in [3.05, 3.63) is 65.2 Å². The molecule has 1 aliphatic rings. The molecule has 1 nitrogen and oxygen atoms in total. The van der Waals surface area contributed by atoms with Crippen molar-refractivity contribution in [1.82, 2.24) is 4.98 Å². The zero-order valence-corrected chi connectivity index (χ0v) is 15.4. The summed E-state index contributed by atoms with van der Waals surface area (Å²) in [6, 6.07) is 17.9. The Morgan fingerprint density at radius 3 is 2.24 bits per heavy atom. The van der Waals surface area contributed by atoms with Gasteiger partial charge in [-0.15, -0.1) is 0 Å². The molecule has 0 atom stereocenters. The minimum atomic E-state index is 0.708. The van der Waals surface area contributed by atoms with E-state index in [-0.39, 0.29) is 0 Å². The first-order chi connectivity index (χ1) is 12.2. The van der Waals surface area contributed by atoms with Crippen molar-refractivity contribution in [2.24, 2.45) is 0 Å². The minimum Gasteiger partial charge on any atom is -0.248 e. The van der Waals surface area contributed by atoms with Crippen molar-refractivity contribution in [2.75, 3.05) is 0 Å². The second kappa shape index (κ2) is 7.00. The monoisotopic (exact) mass is 329 g/mol. The first-order valence-corrected chi connectivity index (χ1v) is 9.69. The van der Waals surface area contributed by atoms with Crippen LogP contribution in [0.3, 0.4) is 0 Å². The third-order valence-corrected chi connectivity index (χ3v) is 5.58. The van der Waals surface area contributed by atoms with Gasteiger partial charge in [0, 0.05) is 10.9 Å². The maximum Gasteiger partial charge on any atom is 0.0712 e. The van der Waals surface area contributed by atoms with Crippen molar-refractivity contribution >= 4 is 10.9 Å². The van der Waals surface area contributed by atoms with Crippen molar-refractivity contribution in [2.45, 2.75) is 58.3 Å². The van der Waals surface area contributed by atoms with Crippen LogP contribution in [0.1, 0.15) is 61.1 Å².